The Morgan fingerprint density at radius 1 is 1.86 bits per heavy atom. The predicted octanol–water partition coefficient (Wildman–Crippen LogP) is -0.481. The molecule has 0 bridgehead atoms. The first-order valence-electron chi connectivity index (χ1n) is 1.84. The molecule has 42 valence electrons. The summed E-state index contributed by atoms with van der Waals surface area (Å²) < 4.78 is 16.2. The number of hydrogen-bond donors (Lipinski definition) is 2. The monoisotopic (exact) mass is 232 g/mol. The van der Waals surface area contributed by atoms with Crippen LogP contribution in [0.25, 0.3) is 0 Å². The van der Waals surface area contributed by atoms with Gasteiger partial charge in [-0.25, -0.2) is 13.7 Å². The van der Waals surface area contributed by atoms with E-state index in [0.717, 1.165) is 6.54 Å². The van der Waals surface area contributed by atoms with Gasteiger partial charge in [0.05, 0.1) is 4.05 Å². The Bertz CT molecular complexity index is 97.7. The molecule has 0 radical (unpaired) electrons. The molecule has 2 unspecified atom stereocenters. The third-order valence-electron chi connectivity index (χ3n) is 0.629. The highest BCUT2D eigenvalue weighted by Gasteiger charge is 2.14. The van der Waals surface area contributed by atoms with E-state index in [1.165, 1.54) is 0 Å². The van der Waals surface area contributed by atoms with Crippen molar-refractivity contribution in [3.63, 3.8) is 0 Å². The van der Waals surface area contributed by atoms with Gasteiger partial charge in [0.1, 0.15) is 0 Å². The summed E-state index contributed by atoms with van der Waals surface area (Å²) in [5.74, 6) is 0. The van der Waals surface area contributed by atoms with E-state index in [1.807, 2.05) is 0 Å². The number of rotatable bonds is 0. The summed E-state index contributed by atoms with van der Waals surface area (Å²) in [7, 11) is 0. The Balaban J connectivity index is 2.40. The lowest BCUT2D eigenvalue weighted by molar-refractivity contribution is 0.677. The third-order valence-corrected chi connectivity index (χ3v) is 2.73. The summed E-state index contributed by atoms with van der Waals surface area (Å²) in [5.41, 5.74) is 0. The molecular formula is C2H5IN2OS. The quantitative estimate of drug-likeness (QED) is 0.330. The minimum absolute atomic E-state index is 0.332. The second-order valence-electron chi connectivity index (χ2n) is 1.20. The fourth-order valence-electron chi connectivity index (χ4n) is 0.348. The van der Waals surface area contributed by atoms with Crippen LogP contribution >= 0.6 is 22.6 Å². The first-order chi connectivity index (χ1) is 3.29. The van der Waals surface area contributed by atoms with Crippen molar-refractivity contribution in [3.05, 3.63) is 0 Å². The smallest absolute Gasteiger partial charge is 0.168 e. The maximum atomic E-state index is 10.3. The molecule has 1 fully saturated rings. The highest BCUT2D eigenvalue weighted by atomic mass is 127. The molecule has 0 saturated carbocycles. The molecule has 1 rings (SSSR count). The van der Waals surface area contributed by atoms with Gasteiger partial charge in [-0.1, -0.05) is 22.6 Å². The summed E-state index contributed by atoms with van der Waals surface area (Å²) in [6, 6.07) is 0. The topological polar surface area (TPSA) is 41.1 Å². The molecule has 1 saturated heterocycles. The minimum Gasteiger partial charge on any atom is -0.225 e. The predicted molar refractivity (Wildman–Crippen MR) is 37.1 cm³/mol. The van der Waals surface area contributed by atoms with Gasteiger partial charge < -0.3 is 0 Å². The van der Waals surface area contributed by atoms with E-state index < -0.39 is 11.2 Å². The molecule has 0 aromatic carbocycles. The van der Waals surface area contributed by atoms with E-state index in [-0.39, 0.29) is 0 Å². The summed E-state index contributed by atoms with van der Waals surface area (Å²) in [4.78, 5) is 0. The summed E-state index contributed by atoms with van der Waals surface area (Å²) in [5, 5.41) is 0. The Morgan fingerprint density at radius 3 is 2.71 bits per heavy atom. The standard InChI is InChI=1S/C2H5IN2OS/c3-2-1-4-7(6)5-2/h2,4-5H,1H2. The fourth-order valence-corrected chi connectivity index (χ4v) is 2.28. The zero-order valence-corrected chi connectivity index (χ0v) is 6.45. The molecule has 1 aliphatic rings. The van der Waals surface area contributed by atoms with Gasteiger partial charge in [-0.15, -0.1) is 0 Å². The van der Waals surface area contributed by atoms with Crippen LogP contribution in [0.1, 0.15) is 0 Å². The van der Waals surface area contributed by atoms with Crippen LogP contribution in [0.4, 0.5) is 0 Å². The van der Waals surface area contributed by atoms with Crippen molar-refractivity contribution in [1.29, 1.82) is 0 Å². The fraction of sp³-hybridized carbons (Fsp3) is 1.00. The van der Waals surface area contributed by atoms with E-state index >= 15 is 0 Å². The molecule has 0 aromatic rings. The van der Waals surface area contributed by atoms with Crippen molar-refractivity contribution in [2.75, 3.05) is 6.54 Å². The zero-order valence-electron chi connectivity index (χ0n) is 3.48. The van der Waals surface area contributed by atoms with Crippen molar-refractivity contribution in [2.24, 2.45) is 0 Å². The van der Waals surface area contributed by atoms with Crippen LogP contribution in [0, 0.1) is 0 Å². The van der Waals surface area contributed by atoms with E-state index in [1.54, 1.807) is 0 Å². The van der Waals surface area contributed by atoms with Gasteiger partial charge in [-0.2, -0.15) is 0 Å². The van der Waals surface area contributed by atoms with Gasteiger partial charge in [-0.05, 0) is 0 Å². The second kappa shape index (κ2) is 2.38. The molecule has 1 heterocycles. The minimum atomic E-state index is -0.960. The zero-order chi connectivity index (χ0) is 5.28. The van der Waals surface area contributed by atoms with Gasteiger partial charge in [0.15, 0.2) is 11.2 Å². The van der Waals surface area contributed by atoms with Gasteiger partial charge in [0.25, 0.3) is 0 Å². The lowest BCUT2D eigenvalue weighted by Gasteiger charge is -1.89. The van der Waals surface area contributed by atoms with Crippen LogP contribution in [-0.4, -0.2) is 14.8 Å². The lowest BCUT2D eigenvalue weighted by atomic mass is 10.7. The molecule has 0 aromatic heterocycles. The average molecular weight is 232 g/mol. The van der Waals surface area contributed by atoms with Crippen LogP contribution < -0.4 is 9.44 Å². The Kier molecular flexibility index (Phi) is 2.02. The molecule has 2 N–H and O–H groups in total. The van der Waals surface area contributed by atoms with E-state index in [2.05, 4.69) is 32.0 Å². The lowest BCUT2D eigenvalue weighted by Crippen LogP contribution is -2.16. The van der Waals surface area contributed by atoms with Crippen LogP contribution in [0.2, 0.25) is 0 Å². The summed E-state index contributed by atoms with van der Waals surface area (Å²) in [6.45, 7) is 0.799. The highest BCUT2D eigenvalue weighted by Crippen LogP contribution is 1.98. The molecule has 2 atom stereocenters. The Hall–Kier alpha value is 0.800. The molecule has 0 aliphatic carbocycles. The number of hydrogen-bond acceptors (Lipinski definition) is 1. The summed E-state index contributed by atoms with van der Waals surface area (Å²) in [6.07, 6.45) is 0. The summed E-state index contributed by atoms with van der Waals surface area (Å²) >= 11 is 1.22. The van der Waals surface area contributed by atoms with Crippen molar-refractivity contribution in [3.8, 4) is 0 Å². The number of nitrogens with one attached hydrogen (secondary N) is 2. The van der Waals surface area contributed by atoms with Gasteiger partial charge in [0.2, 0.25) is 0 Å². The largest absolute Gasteiger partial charge is 0.225 e. The van der Waals surface area contributed by atoms with Crippen molar-refractivity contribution < 1.29 is 4.21 Å². The van der Waals surface area contributed by atoms with E-state index in [4.69, 9.17) is 0 Å². The normalized spacial score (nSPS) is 41.9. The maximum Gasteiger partial charge on any atom is 0.168 e. The molecule has 1 aliphatic heterocycles. The molecular weight excluding hydrogens is 227 g/mol. The first kappa shape index (κ1) is 5.93. The van der Waals surface area contributed by atoms with Crippen molar-refractivity contribution in [1.82, 2.24) is 9.44 Å². The van der Waals surface area contributed by atoms with E-state index in [0.29, 0.717) is 4.05 Å². The Morgan fingerprint density at radius 2 is 2.57 bits per heavy atom. The van der Waals surface area contributed by atoms with Crippen LogP contribution in [-0.2, 0) is 11.2 Å². The first-order valence-corrected chi connectivity index (χ1v) is 4.24. The van der Waals surface area contributed by atoms with Gasteiger partial charge in [0, 0.05) is 6.54 Å². The molecule has 5 heteroatoms. The average Bonchev–Trinajstić information content (AvgIpc) is 1.87. The van der Waals surface area contributed by atoms with Gasteiger partial charge in [-0.3, -0.25) is 0 Å². The molecule has 7 heavy (non-hydrogen) atoms. The van der Waals surface area contributed by atoms with Crippen molar-refractivity contribution in [2.45, 2.75) is 4.05 Å². The molecule has 0 amide bonds. The maximum absolute atomic E-state index is 10.3. The number of halogens is 1. The molecule has 0 spiro atoms. The SMILES string of the molecule is O=S1NCC(I)N1. The van der Waals surface area contributed by atoms with Crippen LogP contribution in [0.5, 0.6) is 0 Å². The van der Waals surface area contributed by atoms with E-state index in [9.17, 15) is 4.21 Å². The molecule has 3 nitrogen and oxygen atoms in total. The van der Waals surface area contributed by atoms with Crippen LogP contribution in [0.15, 0.2) is 0 Å². The van der Waals surface area contributed by atoms with Crippen molar-refractivity contribution >= 4 is 33.8 Å². The highest BCUT2D eigenvalue weighted by molar-refractivity contribution is 14.1. The number of alkyl halides is 1. The second-order valence-corrected chi connectivity index (χ2v) is 3.77. The third kappa shape index (κ3) is 1.63. The van der Waals surface area contributed by atoms with Crippen LogP contribution in [0.3, 0.4) is 0 Å². The van der Waals surface area contributed by atoms with Gasteiger partial charge >= 0.3 is 0 Å². The Labute approximate surface area is 58.1 Å².